The largest absolute Gasteiger partial charge is 0.392 e. The van der Waals surface area contributed by atoms with E-state index < -0.39 is 0 Å². The fourth-order valence-electron chi connectivity index (χ4n) is 0.388. The number of allylic oxidation sites excluding steroid dienone is 1. The molecule has 0 fully saturated rings. The Morgan fingerprint density at radius 1 is 1.62 bits per heavy atom. The summed E-state index contributed by atoms with van der Waals surface area (Å²) in [5.74, 6) is 0. The second-order valence-electron chi connectivity index (χ2n) is 1.70. The molecular formula is C6H11BrO. The minimum atomic E-state index is 0.161. The third kappa shape index (κ3) is 2.48. The van der Waals surface area contributed by atoms with Crippen molar-refractivity contribution in [2.24, 2.45) is 0 Å². The first kappa shape index (κ1) is 8.18. The van der Waals surface area contributed by atoms with E-state index in [4.69, 9.17) is 5.11 Å². The molecule has 48 valence electrons. The van der Waals surface area contributed by atoms with Crippen molar-refractivity contribution in [3.05, 3.63) is 10.1 Å². The number of aliphatic hydroxyl groups is 1. The summed E-state index contributed by atoms with van der Waals surface area (Å²) in [7, 11) is 0. The Balaban J connectivity index is 3.83. The lowest BCUT2D eigenvalue weighted by atomic mass is 10.3. The minimum Gasteiger partial charge on any atom is -0.392 e. The van der Waals surface area contributed by atoms with E-state index in [0.717, 1.165) is 16.5 Å². The average molecular weight is 179 g/mol. The van der Waals surface area contributed by atoms with Crippen LogP contribution in [0.4, 0.5) is 0 Å². The van der Waals surface area contributed by atoms with Crippen LogP contribution in [-0.2, 0) is 0 Å². The zero-order valence-electron chi connectivity index (χ0n) is 5.24. The maximum Gasteiger partial charge on any atom is 0.0649 e. The van der Waals surface area contributed by atoms with Crippen molar-refractivity contribution in [3.63, 3.8) is 0 Å². The standard InChI is InChI=1S/C6H11BrO/c1-3-6(7)5(2)4-8/h8H,3-4H2,1-2H3/b6-5-. The smallest absolute Gasteiger partial charge is 0.0649 e. The second kappa shape index (κ2) is 4.10. The van der Waals surface area contributed by atoms with E-state index in [-0.39, 0.29) is 6.61 Å². The summed E-state index contributed by atoms with van der Waals surface area (Å²) in [4.78, 5) is 0. The maximum absolute atomic E-state index is 8.55. The van der Waals surface area contributed by atoms with Gasteiger partial charge in [-0.2, -0.15) is 0 Å². The molecule has 0 aliphatic heterocycles. The van der Waals surface area contributed by atoms with Gasteiger partial charge in [0.25, 0.3) is 0 Å². The predicted molar refractivity (Wildman–Crippen MR) is 39.0 cm³/mol. The van der Waals surface area contributed by atoms with Gasteiger partial charge in [0.05, 0.1) is 6.61 Å². The number of hydrogen-bond acceptors (Lipinski definition) is 1. The Labute approximate surface area is 58.5 Å². The van der Waals surface area contributed by atoms with Crippen molar-refractivity contribution in [2.75, 3.05) is 6.61 Å². The van der Waals surface area contributed by atoms with E-state index in [1.54, 1.807) is 0 Å². The first-order chi connectivity index (χ1) is 3.72. The van der Waals surface area contributed by atoms with Crippen LogP contribution in [0.3, 0.4) is 0 Å². The molecule has 0 aromatic rings. The van der Waals surface area contributed by atoms with Gasteiger partial charge in [0.15, 0.2) is 0 Å². The third-order valence-electron chi connectivity index (χ3n) is 1.01. The molecule has 1 N–H and O–H groups in total. The van der Waals surface area contributed by atoms with Crippen LogP contribution in [0.25, 0.3) is 0 Å². The van der Waals surface area contributed by atoms with Crippen molar-refractivity contribution < 1.29 is 5.11 Å². The highest BCUT2D eigenvalue weighted by Crippen LogP contribution is 2.13. The van der Waals surface area contributed by atoms with Crippen LogP contribution in [0.1, 0.15) is 20.3 Å². The number of rotatable bonds is 2. The molecule has 0 aromatic heterocycles. The summed E-state index contributed by atoms with van der Waals surface area (Å²) in [6, 6.07) is 0. The normalized spacial score (nSPS) is 13.5. The van der Waals surface area contributed by atoms with Gasteiger partial charge in [-0.3, -0.25) is 0 Å². The summed E-state index contributed by atoms with van der Waals surface area (Å²) >= 11 is 3.32. The Morgan fingerprint density at radius 2 is 2.12 bits per heavy atom. The van der Waals surface area contributed by atoms with E-state index in [9.17, 15) is 0 Å². The molecule has 0 saturated carbocycles. The summed E-state index contributed by atoms with van der Waals surface area (Å²) < 4.78 is 1.11. The first-order valence-corrected chi connectivity index (χ1v) is 3.46. The third-order valence-corrected chi connectivity index (χ3v) is 2.25. The molecule has 0 heterocycles. The molecular weight excluding hydrogens is 168 g/mol. The lowest BCUT2D eigenvalue weighted by Crippen LogP contribution is -1.85. The highest BCUT2D eigenvalue weighted by molar-refractivity contribution is 9.11. The van der Waals surface area contributed by atoms with Crippen molar-refractivity contribution in [2.45, 2.75) is 20.3 Å². The van der Waals surface area contributed by atoms with Crippen LogP contribution in [0.15, 0.2) is 10.1 Å². The van der Waals surface area contributed by atoms with Crippen LogP contribution >= 0.6 is 15.9 Å². The van der Waals surface area contributed by atoms with Crippen LogP contribution < -0.4 is 0 Å². The van der Waals surface area contributed by atoms with E-state index in [2.05, 4.69) is 15.9 Å². The Hall–Kier alpha value is 0.180. The summed E-state index contributed by atoms with van der Waals surface area (Å²) in [6.45, 7) is 4.12. The molecule has 2 heteroatoms. The Morgan fingerprint density at radius 3 is 2.25 bits per heavy atom. The summed E-state index contributed by atoms with van der Waals surface area (Å²) in [5.41, 5.74) is 1.02. The van der Waals surface area contributed by atoms with Crippen LogP contribution in [0.5, 0.6) is 0 Å². The highest BCUT2D eigenvalue weighted by Gasteiger charge is 1.91. The zero-order valence-corrected chi connectivity index (χ0v) is 6.83. The van der Waals surface area contributed by atoms with Crippen molar-refractivity contribution >= 4 is 15.9 Å². The first-order valence-electron chi connectivity index (χ1n) is 2.67. The topological polar surface area (TPSA) is 20.2 Å². The maximum atomic E-state index is 8.55. The van der Waals surface area contributed by atoms with E-state index in [0.29, 0.717) is 0 Å². The van der Waals surface area contributed by atoms with Gasteiger partial charge in [-0.05, 0) is 23.4 Å². The van der Waals surface area contributed by atoms with Gasteiger partial charge < -0.3 is 5.11 Å². The zero-order chi connectivity index (χ0) is 6.57. The molecule has 0 amide bonds. The van der Waals surface area contributed by atoms with Gasteiger partial charge in [0, 0.05) is 0 Å². The number of halogens is 1. The molecule has 0 aliphatic rings. The molecule has 0 saturated heterocycles. The molecule has 1 nitrogen and oxygen atoms in total. The fourth-order valence-corrected chi connectivity index (χ4v) is 0.513. The molecule has 0 unspecified atom stereocenters. The monoisotopic (exact) mass is 178 g/mol. The Bertz CT molecular complexity index is 84.7. The summed E-state index contributed by atoms with van der Waals surface area (Å²) in [6.07, 6.45) is 0.965. The number of aliphatic hydroxyl groups excluding tert-OH is 1. The molecule has 0 rings (SSSR count). The minimum absolute atomic E-state index is 0.161. The highest BCUT2D eigenvalue weighted by atomic mass is 79.9. The Kier molecular flexibility index (Phi) is 4.19. The van der Waals surface area contributed by atoms with Gasteiger partial charge in [-0.1, -0.05) is 22.9 Å². The predicted octanol–water partition coefficient (Wildman–Crippen LogP) is 2.06. The van der Waals surface area contributed by atoms with Gasteiger partial charge in [-0.25, -0.2) is 0 Å². The van der Waals surface area contributed by atoms with Gasteiger partial charge in [0.2, 0.25) is 0 Å². The van der Waals surface area contributed by atoms with Crippen molar-refractivity contribution in [1.82, 2.24) is 0 Å². The molecule has 0 aromatic carbocycles. The second-order valence-corrected chi connectivity index (χ2v) is 2.65. The molecule has 0 atom stereocenters. The van der Waals surface area contributed by atoms with Crippen LogP contribution in [0.2, 0.25) is 0 Å². The van der Waals surface area contributed by atoms with Crippen molar-refractivity contribution in [1.29, 1.82) is 0 Å². The van der Waals surface area contributed by atoms with Gasteiger partial charge >= 0.3 is 0 Å². The van der Waals surface area contributed by atoms with E-state index >= 15 is 0 Å². The molecule has 0 radical (unpaired) electrons. The molecule has 0 spiro atoms. The summed E-state index contributed by atoms with van der Waals surface area (Å²) in [5, 5.41) is 8.55. The lowest BCUT2D eigenvalue weighted by molar-refractivity contribution is 0.330. The van der Waals surface area contributed by atoms with Gasteiger partial charge in [0.1, 0.15) is 0 Å². The molecule has 0 aliphatic carbocycles. The SMILES string of the molecule is CC/C(Br)=C(\C)CO. The quantitative estimate of drug-likeness (QED) is 0.687. The van der Waals surface area contributed by atoms with E-state index in [1.807, 2.05) is 13.8 Å². The lowest BCUT2D eigenvalue weighted by Gasteiger charge is -1.96. The molecule has 8 heavy (non-hydrogen) atoms. The van der Waals surface area contributed by atoms with Gasteiger partial charge in [-0.15, -0.1) is 0 Å². The number of hydrogen-bond donors (Lipinski definition) is 1. The average Bonchev–Trinajstić information content (AvgIpc) is 1.84. The van der Waals surface area contributed by atoms with Crippen LogP contribution in [-0.4, -0.2) is 11.7 Å². The van der Waals surface area contributed by atoms with Crippen LogP contribution in [0, 0.1) is 0 Å². The fraction of sp³-hybridized carbons (Fsp3) is 0.667. The van der Waals surface area contributed by atoms with E-state index in [1.165, 1.54) is 0 Å². The molecule has 0 bridgehead atoms. The van der Waals surface area contributed by atoms with Crippen molar-refractivity contribution in [3.8, 4) is 0 Å².